The molecular formula is C23H22FN5O. The Kier molecular flexibility index (Phi) is 4.58. The van der Waals surface area contributed by atoms with E-state index >= 15 is 0 Å². The van der Waals surface area contributed by atoms with E-state index in [0.717, 1.165) is 35.1 Å². The second-order valence-corrected chi connectivity index (χ2v) is 7.98. The van der Waals surface area contributed by atoms with Gasteiger partial charge in [0.1, 0.15) is 11.5 Å². The van der Waals surface area contributed by atoms with E-state index in [2.05, 4.69) is 31.9 Å². The van der Waals surface area contributed by atoms with E-state index in [1.807, 2.05) is 25.5 Å². The maximum atomic E-state index is 14.1. The zero-order valence-corrected chi connectivity index (χ0v) is 16.6. The predicted octanol–water partition coefficient (Wildman–Crippen LogP) is 4.12. The van der Waals surface area contributed by atoms with Crippen LogP contribution in [0.4, 0.5) is 4.39 Å². The number of fused-ring (bicyclic) bond motifs is 1. The van der Waals surface area contributed by atoms with Crippen molar-refractivity contribution in [3.63, 3.8) is 0 Å². The third-order valence-corrected chi connectivity index (χ3v) is 5.91. The lowest BCUT2D eigenvalue weighted by Crippen LogP contribution is -2.34. The first-order valence-electron chi connectivity index (χ1n) is 10.1. The molecule has 5 rings (SSSR count). The number of nitrogens with zero attached hydrogens (tertiary/aromatic N) is 4. The van der Waals surface area contributed by atoms with Crippen molar-refractivity contribution in [3.05, 3.63) is 72.6 Å². The first-order chi connectivity index (χ1) is 14.6. The van der Waals surface area contributed by atoms with E-state index in [1.54, 1.807) is 29.3 Å². The van der Waals surface area contributed by atoms with Crippen molar-refractivity contribution < 1.29 is 9.18 Å². The van der Waals surface area contributed by atoms with E-state index in [-0.39, 0.29) is 17.5 Å². The lowest BCUT2D eigenvalue weighted by atomic mass is 10.1. The molecule has 4 heterocycles. The molecule has 1 saturated heterocycles. The van der Waals surface area contributed by atoms with Gasteiger partial charge in [-0.15, -0.1) is 0 Å². The normalized spacial score (nSPS) is 18.9. The molecule has 2 unspecified atom stereocenters. The number of rotatable bonds is 4. The van der Waals surface area contributed by atoms with E-state index in [4.69, 9.17) is 0 Å². The van der Waals surface area contributed by atoms with Gasteiger partial charge in [-0.1, -0.05) is 12.1 Å². The summed E-state index contributed by atoms with van der Waals surface area (Å²) in [6.45, 7) is 3.41. The third-order valence-electron chi connectivity index (χ3n) is 5.91. The van der Waals surface area contributed by atoms with Gasteiger partial charge in [0.05, 0.1) is 11.8 Å². The van der Waals surface area contributed by atoms with Crippen LogP contribution in [0.1, 0.15) is 23.7 Å². The van der Waals surface area contributed by atoms with Gasteiger partial charge in [-0.3, -0.25) is 9.89 Å². The van der Waals surface area contributed by atoms with Gasteiger partial charge < -0.3 is 9.47 Å². The highest BCUT2D eigenvalue weighted by molar-refractivity contribution is 5.94. The van der Waals surface area contributed by atoms with E-state index < -0.39 is 5.82 Å². The molecule has 1 N–H and O–H groups in total. The molecule has 2 atom stereocenters. The minimum atomic E-state index is -0.466. The molecule has 1 aliphatic heterocycles. The summed E-state index contributed by atoms with van der Waals surface area (Å²) in [4.78, 5) is 19.3. The van der Waals surface area contributed by atoms with Gasteiger partial charge in [-0.05, 0) is 43.5 Å². The molecule has 0 saturated carbocycles. The fourth-order valence-corrected chi connectivity index (χ4v) is 4.42. The van der Waals surface area contributed by atoms with Gasteiger partial charge >= 0.3 is 0 Å². The van der Waals surface area contributed by atoms with Crippen LogP contribution in [0.2, 0.25) is 0 Å². The minimum absolute atomic E-state index is 0.0737. The quantitative estimate of drug-likeness (QED) is 0.557. The van der Waals surface area contributed by atoms with Gasteiger partial charge in [0.15, 0.2) is 0 Å². The Morgan fingerprint density at radius 1 is 1.23 bits per heavy atom. The SMILES string of the molecule is CC1CC(Cn2ccc3cc(-c4cn[nH]c4)cnc32)CN1C(=O)c1ccccc1F. The molecule has 152 valence electrons. The van der Waals surface area contributed by atoms with E-state index in [9.17, 15) is 9.18 Å². The summed E-state index contributed by atoms with van der Waals surface area (Å²) in [5.41, 5.74) is 3.09. The zero-order chi connectivity index (χ0) is 20.7. The number of halogens is 1. The first kappa shape index (κ1) is 18.5. The number of hydrogen-bond donors (Lipinski definition) is 1. The average Bonchev–Trinajstić information content (AvgIpc) is 3.48. The molecule has 6 nitrogen and oxygen atoms in total. The molecule has 0 spiro atoms. The van der Waals surface area contributed by atoms with Gasteiger partial charge in [0.25, 0.3) is 5.91 Å². The Morgan fingerprint density at radius 3 is 2.90 bits per heavy atom. The molecule has 1 amide bonds. The number of hydrogen-bond acceptors (Lipinski definition) is 3. The number of benzene rings is 1. The monoisotopic (exact) mass is 403 g/mol. The van der Waals surface area contributed by atoms with Crippen LogP contribution in [0, 0.1) is 11.7 Å². The molecule has 30 heavy (non-hydrogen) atoms. The molecule has 7 heteroatoms. The van der Waals surface area contributed by atoms with Crippen LogP contribution in [0.25, 0.3) is 22.2 Å². The number of aromatic nitrogens is 4. The van der Waals surface area contributed by atoms with Crippen LogP contribution in [0.15, 0.2) is 61.2 Å². The molecular weight excluding hydrogens is 381 g/mol. The molecule has 1 aliphatic rings. The lowest BCUT2D eigenvalue weighted by Gasteiger charge is -2.21. The largest absolute Gasteiger partial charge is 0.335 e. The maximum absolute atomic E-state index is 14.1. The number of carbonyl (C=O) groups is 1. The third kappa shape index (κ3) is 3.26. The highest BCUT2D eigenvalue weighted by Crippen LogP contribution is 2.29. The number of nitrogens with one attached hydrogen (secondary N) is 1. The Bertz CT molecular complexity index is 1200. The van der Waals surface area contributed by atoms with Gasteiger partial charge in [-0.25, -0.2) is 9.37 Å². The Labute approximate surface area is 173 Å². The number of amides is 1. The second-order valence-electron chi connectivity index (χ2n) is 7.98. The summed E-state index contributed by atoms with van der Waals surface area (Å²) in [6, 6.07) is 10.4. The Balaban J connectivity index is 1.33. The Morgan fingerprint density at radius 2 is 2.10 bits per heavy atom. The summed E-state index contributed by atoms with van der Waals surface area (Å²) in [5.74, 6) is -0.405. The highest BCUT2D eigenvalue weighted by atomic mass is 19.1. The minimum Gasteiger partial charge on any atom is -0.335 e. The average molecular weight is 403 g/mol. The smallest absolute Gasteiger partial charge is 0.257 e. The summed E-state index contributed by atoms with van der Waals surface area (Å²) in [7, 11) is 0. The highest BCUT2D eigenvalue weighted by Gasteiger charge is 2.34. The van der Waals surface area contributed by atoms with Crippen LogP contribution < -0.4 is 0 Å². The molecule has 0 aliphatic carbocycles. The van der Waals surface area contributed by atoms with Crippen LogP contribution in [0.3, 0.4) is 0 Å². The maximum Gasteiger partial charge on any atom is 0.257 e. The molecule has 1 fully saturated rings. The fourth-order valence-electron chi connectivity index (χ4n) is 4.42. The second kappa shape index (κ2) is 7.40. The van der Waals surface area contributed by atoms with Crippen LogP contribution in [-0.2, 0) is 6.54 Å². The summed E-state index contributed by atoms with van der Waals surface area (Å²) in [6.07, 6.45) is 8.41. The predicted molar refractivity (Wildman–Crippen MR) is 112 cm³/mol. The van der Waals surface area contributed by atoms with Gasteiger partial charge in [0.2, 0.25) is 0 Å². The van der Waals surface area contributed by atoms with Crippen molar-refractivity contribution in [2.45, 2.75) is 25.9 Å². The number of pyridine rings is 1. The van der Waals surface area contributed by atoms with Crippen molar-refractivity contribution in [2.75, 3.05) is 6.54 Å². The van der Waals surface area contributed by atoms with Crippen molar-refractivity contribution in [1.29, 1.82) is 0 Å². The summed E-state index contributed by atoms with van der Waals surface area (Å²) < 4.78 is 16.2. The van der Waals surface area contributed by atoms with Crippen molar-refractivity contribution in [1.82, 2.24) is 24.6 Å². The summed E-state index contributed by atoms with van der Waals surface area (Å²) >= 11 is 0. The molecule has 1 aromatic carbocycles. The van der Waals surface area contributed by atoms with Gasteiger partial charge in [-0.2, -0.15) is 5.10 Å². The number of likely N-dealkylation sites (tertiary alicyclic amines) is 1. The molecule has 0 bridgehead atoms. The fraction of sp³-hybridized carbons (Fsp3) is 0.261. The molecule has 3 aromatic heterocycles. The first-order valence-corrected chi connectivity index (χ1v) is 10.1. The van der Waals surface area contributed by atoms with Crippen molar-refractivity contribution >= 4 is 16.9 Å². The number of H-pyrrole nitrogens is 1. The van der Waals surface area contributed by atoms with E-state index in [1.165, 1.54) is 6.07 Å². The zero-order valence-electron chi connectivity index (χ0n) is 16.6. The van der Waals surface area contributed by atoms with Crippen molar-refractivity contribution in [3.8, 4) is 11.1 Å². The van der Waals surface area contributed by atoms with Crippen LogP contribution in [0.5, 0.6) is 0 Å². The van der Waals surface area contributed by atoms with E-state index in [0.29, 0.717) is 12.5 Å². The number of carbonyl (C=O) groups excluding carboxylic acids is 1. The van der Waals surface area contributed by atoms with Crippen LogP contribution in [-0.4, -0.2) is 43.1 Å². The summed E-state index contributed by atoms with van der Waals surface area (Å²) in [5, 5.41) is 7.89. The van der Waals surface area contributed by atoms with Crippen molar-refractivity contribution in [2.24, 2.45) is 5.92 Å². The van der Waals surface area contributed by atoms with Crippen LogP contribution >= 0.6 is 0 Å². The molecule has 0 radical (unpaired) electrons. The topological polar surface area (TPSA) is 66.8 Å². The van der Waals surface area contributed by atoms with Gasteiger partial charge in [0, 0.05) is 54.2 Å². The molecule has 4 aromatic rings. The Hall–Kier alpha value is -3.48. The standard InChI is InChI=1S/C23H22FN5O/c1-15-8-16(14-29(15)23(30)20-4-2-3-5-21(20)24)13-28-7-6-17-9-18(10-25-22(17)28)19-11-26-27-12-19/h2-7,9-12,15-16H,8,13-14H2,1H3,(H,26,27). The lowest BCUT2D eigenvalue weighted by molar-refractivity contribution is 0.0737. The number of aromatic amines is 1.